The molecule has 8 rings (SSSR count). The smallest absolute Gasteiger partial charge is 0.0126 e. The van der Waals surface area contributed by atoms with E-state index < -0.39 is 0 Å². The molecule has 6 aromatic carbocycles. The van der Waals surface area contributed by atoms with Gasteiger partial charge < -0.3 is 24.8 Å². The zero-order valence-corrected chi connectivity index (χ0v) is 39.9. The third-order valence-corrected chi connectivity index (χ3v) is 12.0. The second kappa shape index (κ2) is 20.2. The molecule has 2 aliphatic rings. The summed E-state index contributed by atoms with van der Waals surface area (Å²) in [6.07, 6.45) is 10.9. The summed E-state index contributed by atoms with van der Waals surface area (Å²) in [6, 6.07) is 49.7. The van der Waals surface area contributed by atoms with Crippen molar-refractivity contribution >= 4 is 35.1 Å². The topological polar surface area (TPSA) is 0 Å². The van der Waals surface area contributed by atoms with Crippen LogP contribution in [-0.4, -0.2) is 3.21 Å². The van der Waals surface area contributed by atoms with Gasteiger partial charge in [0.1, 0.15) is 0 Å². The van der Waals surface area contributed by atoms with E-state index in [0.717, 1.165) is 21.8 Å². The summed E-state index contributed by atoms with van der Waals surface area (Å²) in [5.41, 5.74) is 16.1. The molecule has 5 heteroatoms. The number of benzene rings is 6. The summed E-state index contributed by atoms with van der Waals surface area (Å²) in [5.74, 6) is 0. The molecule has 0 N–H and O–H groups in total. The maximum atomic E-state index is 3.88. The van der Waals surface area contributed by atoms with Crippen molar-refractivity contribution in [2.24, 2.45) is 0 Å². The van der Waals surface area contributed by atoms with E-state index in [1.165, 1.54) is 94.2 Å². The van der Waals surface area contributed by atoms with Crippen LogP contribution in [0.3, 0.4) is 0 Å². The summed E-state index contributed by atoms with van der Waals surface area (Å²) in [4.78, 5) is 0. The number of halogens is 4. The van der Waals surface area contributed by atoms with Crippen molar-refractivity contribution in [3.8, 4) is 33.4 Å². The van der Waals surface area contributed by atoms with Gasteiger partial charge in [-0.2, -0.15) is 6.08 Å². The van der Waals surface area contributed by atoms with Gasteiger partial charge in [-0.05, 0) is 39.5 Å². The van der Waals surface area contributed by atoms with Crippen molar-refractivity contribution in [1.29, 1.82) is 0 Å². The first-order chi connectivity index (χ1) is 25.8. The van der Waals surface area contributed by atoms with E-state index in [1.807, 2.05) is 24.3 Å². The van der Waals surface area contributed by atoms with Gasteiger partial charge in [0.05, 0.1) is 0 Å². The monoisotopic (exact) mass is 976 g/mol. The van der Waals surface area contributed by atoms with Crippen LogP contribution in [0.15, 0.2) is 155 Å². The molecule has 0 radical (unpaired) electrons. The molecule has 0 spiro atoms. The van der Waals surface area contributed by atoms with Crippen LogP contribution >= 0.6 is 31.9 Å². The van der Waals surface area contributed by atoms with Gasteiger partial charge in [0.15, 0.2) is 0 Å². The fraction of sp³-hybridized carbons (Fsp3) is 0.196. The normalized spacial score (nSPS) is 12.2. The van der Waals surface area contributed by atoms with Gasteiger partial charge in [-0.25, -0.2) is 12.2 Å². The Bertz CT molecular complexity index is 2170. The van der Waals surface area contributed by atoms with Crippen LogP contribution in [0.25, 0.3) is 33.4 Å². The largest absolute Gasteiger partial charge is 1.00 e. The van der Waals surface area contributed by atoms with Gasteiger partial charge in [0, 0.05) is 0 Å². The van der Waals surface area contributed by atoms with Gasteiger partial charge >= 0.3 is 128 Å². The predicted molar refractivity (Wildman–Crippen MR) is 235 cm³/mol. The van der Waals surface area contributed by atoms with Crippen molar-refractivity contribution in [3.63, 3.8) is 0 Å². The van der Waals surface area contributed by atoms with Crippen LogP contribution in [0.5, 0.6) is 0 Å². The molecular weight excluding hydrogens is 934 g/mol. The quantitative estimate of drug-likeness (QED) is 0.155. The fourth-order valence-electron chi connectivity index (χ4n) is 6.90. The first-order valence-corrected chi connectivity index (χ1v) is 21.3. The van der Waals surface area contributed by atoms with E-state index in [9.17, 15) is 0 Å². The van der Waals surface area contributed by atoms with E-state index in [1.54, 1.807) is 0 Å². The van der Waals surface area contributed by atoms with Gasteiger partial charge in [-0.15, -0.1) is 35.2 Å². The minimum absolute atomic E-state index is 0. The molecule has 0 amide bonds. The number of rotatable bonds is 4. The fourth-order valence-corrected chi connectivity index (χ4v) is 8.46. The van der Waals surface area contributed by atoms with Crippen LogP contribution in [-0.2, 0) is 41.5 Å². The molecule has 0 fully saturated rings. The number of hydrogen-bond donors (Lipinski definition) is 0. The zero-order valence-electron chi connectivity index (χ0n) is 32.8. The summed E-state index contributed by atoms with van der Waals surface area (Å²) in [5, 5.41) is 0. The standard InChI is InChI=1S/C33H33.C13H8Br2.C5H5.2ClH.Zr/c1-32(2,3)30-20-26-24(18-28(30)22-13-9-7-10-14-22)17-25-19-29(23-15-11-8-12-16-23)31(21-27(25)26)33(4,5)6;14-12-5-1-3-10(8-12)7-11-4-2-6-13(15)9-11;1-2-4-5-3-1;;;/h7-16,18,20-21H,17H2,1-6H3;1-6,8-9H;1-3H,4H2;2*1H;/q-1;;-1;;;+2/p-2. The number of fused-ring (bicyclic) bond motifs is 3. The third kappa shape index (κ3) is 11.4. The van der Waals surface area contributed by atoms with Crippen molar-refractivity contribution in [3.05, 3.63) is 200 Å². The average molecular weight is 981 g/mol. The van der Waals surface area contributed by atoms with E-state index in [4.69, 9.17) is 0 Å². The molecule has 0 nitrogen and oxygen atoms in total. The summed E-state index contributed by atoms with van der Waals surface area (Å²) in [7, 11) is 0. The molecule has 0 saturated heterocycles. The van der Waals surface area contributed by atoms with Crippen molar-refractivity contribution in [2.75, 3.05) is 0 Å². The Balaban J connectivity index is 0.000000252. The summed E-state index contributed by atoms with van der Waals surface area (Å²) in [6.45, 7) is 13.9. The minimum Gasteiger partial charge on any atom is -1.00 e. The SMILES string of the molecule is Brc1cccc([C](=[Zr+2])c2cccc(Br)c2)c1.CC(C)(C)c1cc2c([c-]c1-c1ccccc1)Cc1cc(-c3ccccc3)c(C(C)(C)C)cc1-2.[C-]1=CC=CC1.[Cl-].[Cl-]. The molecule has 0 saturated carbocycles. The molecule has 0 atom stereocenters. The van der Waals surface area contributed by atoms with Crippen LogP contribution in [0.2, 0.25) is 0 Å². The minimum atomic E-state index is 0. The Kier molecular flexibility index (Phi) is 16.5. The Hall–Kier alpha value is -2.91. The Morgan fingerprint density at radius 1 is 0.589 bits per heavy atom. The van der Waals surface area contributed by atoms with Gasteiger partial charge in [-0.3, -0.25) is 6.08 Å². The molecular formula is C51H46Br2Cl2Zr-2. The van der Waals surface area contributed by atoms with Gasteiger partial charge in [-0.1, -0.05) is 131 Å². The van der Waals surface area contributed by atoms with Gasteiger partial charge in [0.2, 0.25) is 0 Å². The third-order valence-electron chi connectivity index (χ3n) is 9.64. The maximum Gasteiger partial charge on any atom is -0.0126 e. The number of hydrogen-bond acceptors (Lipinski definition) is 0. The molecule has 2 aliphatic carbocycles. The van der Waals surface area contributed by atoms with E-state index >= 15 is 0 Å². The Morgan fingerprint density at radius 3 is 1.59 bits per heavy atom. The predicted octanol–water partition coefficient (Wildman–Crippen LogP) is 8.63. The molecule has 0 unspecified atom stereocenters. The first-order valence-electron chi connectivity index (χ1n) is 18.5. The van der Waals surface area contributed by atoms with Crippen LogP contribution in [0.1, 0.15) is 81.3 Å². The van der Waals surface area contributed by atoms with E-state index in [0.29, 0.717) is 0 Å². The zero-order chi connectivity index (χ0) is 38.5. The molecule has 0 aromatic heterocycles. The molecule has 6 aromatic rings. The van der Waals surface area contributed by atoms with Crippen molar-refractivity contribution in [1.82, 2.24) is 0 Å². The Labute approximate surface area is 379 Å². The van der Waals surface area contributed by atoms with Gasteiger partial charge in [0.25, 0.3) is 0 Å². The van der Waals surface area contributed by atoms with Crippen molar-refractivity contribution in [2.45, 2.75) is 65.2 Å². The molecule has 0 heterocycles. The molecule has 0 aliphatic heterocycles. The molecule has 56 heavy (non-hydrogen) atoms. The van der Waals surface area contributed by atoms with Crippen LogP contribution < -0.4 is 24.8 Å². The number of allylic oxidation sites excluding steroid dienone is 4. The average Bonchev–Trinajstić information content (AvgIpc) is 3.86. The second-order valence-electron chi connectivity index (χ2n) is 15.8. The second-order valence-corrected chi connectivity index (χ2v) is 18.9. The Morgan fingerprint density at radius 2 is 1.12 bits per heavy atom. The van der Waals surface area contributed by atoms with E-state index in [-0.39, 0.29) is 35.6 Å². The molecule has 0 bridgehead atoms. The van der Waals surface area contributed by atoms with E-state index in [2.05, 4.69) is 207 Å². The first kappa shape index (κ1) is 45.8. The van der Waals surface area contributed by atoms with Crippen molar-refractivity contribution < 1.29 is 49.0 Å². The summed E-state index contributed by atoms with van der Waals surface area (Å²) < 4.78 is 3.62. The van der Waals surface area contributed by atoms with Crippen LogP contribution in [0.4, 0.5) is 0 Å². The van der Waals surface area contributed by atoms with Crippen LogP contribution in [0, 0.1) is 12.1 Å². The maximum absolute atomic E-state index is 3.88. The summed E-state index contributed by atoms with van der Waals surface area (Å²) >= 11 is 8.43. The molecule has 284 valence electrons.